The monoisotopic (exact) mass is 398 g/mol. The number of piperidine rings is 1. The van der Waals surface area contributed by atoms with Crippen LogP contribution in [0.5, 0.6) is 0 Å². The molecule has 0 aromatic heterocycles. The van der Waals surface area contributed by atoms with Crippen molar-refractivity contribution in [1.82, 2.24) is 4.90 Å². The number of nitrogens with zero attached hydrogens (tertiary/aromatic N) is 2. The third kappa shape index (κ3) is 5.03. The van der Waals surface area contributed by atoms with Crippen molar-refractivity contribution in [2.45, 2.75) is 37.7 Å². The van der Waals surface area contributed by atoms with Gasteiger partial charge in [-0.25, -0.2) is 13.2 Å². The van der Waals surface area contributed by atoms with E-state index < -0.39 is 37.4 Å². The van der Waals surface area contributed by atoms with Crippen molar-refractivity contribution in [2.75, 3.05) is 19.3 Å². The molecular weight excluding hydrogens is 376 g/mol. The van der Waals surface area contributed by atoms with Crippen LogP contribution in [0.15, 0.2) is 23.1 Å². The fraction of sp³-hybridized carbons (Fsp3) is 0.529. The number of rotatable bonds is 5. The maximum atomic E-state index is 12.4. The Balaban J connectivity index is 2.14. The molecule has 1 fully saturated rings. The minimum Gasteiger partial charge on any atom is -0.449 e. The van der Waals surface area contributed by atoms with Gasteiger partial charge >= 0.3 is 5.97 Å². The summed E-state index contributed by atoms with van der Waals surface area (Å²) < 4.78 is 28.4. The fourth-order valence-electron chi connectivity index (χ4n) is 2.87. The summed E-state index contributed by atoms with van der Waals surface area (Å²) in [5.41, 5.74) is -0.906. The summed E-state index contributed by atoms with van der Waals surface area (Å²) in [4.78, 5) is 36.1. The van der Waals surface area contributed by atoms with Crippen LogP contribution < -0.4 is 0 Å². The van der Waals surface area contributed by atoms with Crippen molar-refractivity contribution in [3.05, 3.63) is 33.9 Å². The van der Waals surface area contributed by atoms with E-state index in [1.165, 1.54) is 6.92 Å². The van der Waals surface area contributed by atoms with Gasteiger partial charge in [0.1, 0.15) is 4.90 Å². The molecule has 1 atom stereocenters. The first-order valence-electron chi connectivity index (χ1n) is 8.49. The minimum absolute atomic E-state index is 0.194. The van der Waals surface area contributed by atoms with Gasteiger partial charge in [-0.3, -0.25) is 14.9 Å². The summed E-state index contributed by atoms with van der Waals surface area (Å²) in [6.07, 6.45) is 1.56. The Morgan fingerprint density at radius 2 is 1.89 bits per heavy atom. The van der Waals surface area contributed by atoms with Crippen LogP contribution >= 0.6 is 0 Å². The van der Waals surface area contributed by atoms with Gasteiger partial charge in [-0.15, -0.1) is 0 Å². The molecular formula is C17H22N2O7S. The van der Waals surface area contributed by atoms with Crippen LogP contribution in [0.1, 0.15) is 37.0 Å². The highest BCUT2D eigenvalue weighted by Gasteiger charge is 2.29. The summed E-state index contributed by atoms with van der Waals surface area (Å²) in [6.45, 7) is 4.74. The normalized spacial score (nSPS) is 16.6. The SMILES string of the molecule is CC1CCN(C(=O)C(C)OC(=O)c2ccc(S(C)(=O)=O)c([N+](=O)[O-])c2)CC1. The number of ether oxygens (including phenoxy) is 1. The maximum Gasteiger partial charge on any atom is 0.339 e. The van der Waals surface area contributed by atoms with E-state index in [4.69, 9.17) is 4.74 Å². The second-order valence-corrected chi connectivity index (χ2v) is 8.75. The third-order valence-corrected chi connectivity index (χ3v) is 5.66. The van der Waals surface area contributed by atoms with Crippen molar-refractivity contribution in [3.8, 4) is 0 Å². The predicted octanol–water partition coefficient (Wildman–Crippen LogP) is 1.80. The Kier molecular flexibility index (Phi) is 6.19. The van der Waals surface area contributed by atoms with E-state index in [-0.39, 0.29) is 11.5 Å². The summed E-state index contributed by atoms with van der Waals surface area (Å²) in [5.74, 6) is -0.706. The van der Waals surface area contributed by atoms with E-state index in [9.17, 15) is 28.1 Å². The number of nitro benzene ring substituents is 1. The molecule has 148 valence electrons. The zero-order valence-electron chi connectivity index (χ0n) is 15.4. The Bertz CT molecular complexity index is 858. The summed E-state index contributed by atoms with van der Waals surface area (Å²) >= 11 is 0. The Labute approximate surface area is 157 Å². The molecule has 1 aromatic rings. The fourth-order valence-corrected chi connectivity index (χ4v) is 3.69. The van der Waals surface area contributed by atoms with Crippen LogP contribution in [0, 0.1) is 16.0 Å². The van der Waals surface area contributed by atoms with E-state index in [1.807, 2.05) is 0 Å². The van der Waals surface area contributed by atoms with Crippen molar-refractivity contribution in [3.63, 3.8) is 0 Å². The second-order valence-electron chi connectivity index (χ2n) is 6.77. The molecule has 10 heteroatoms. The van der Waals surface area contributed by atoms with Gasteiger partial charge in [0.15, 0.2) is 15.9 Å². The first kappa shape index (κ1) is 20.8. The molecule has 0 bridgehead atoms. The first-order valence-corrected chi connectivity index (χ1v) is 10.4. The van der Waals surface area contributed by atoms with Gasteiger partial charge in [-0.1, -0.05) is 6.92 Å². The number of carbonyl (C=O) groups excluding carboxylic acids is 2. The molecule has 1 aromatic carbocycles. The average Bonchev–Trinajstić information content (AvgIpc) is 2.60. The molecule has 2 rings (SSSR count). The molecule has 0 aliphatic carbocycles. The van der Waals surface area contributed by atoms with Gasteiger partial charge in [0.05, 0.1) is 10.5 Å². The van der Waals surface area contributed by atoms with E-state index >= 15 is 0 Å². The zero-order valence-corrected chi connectivity index (χ0v) is 16.2. The molecule has 1 amide bonds. The lowest BCUT2D eigenvalue weighted by Gasteiger charge is -2.31. The second kappa shape index (κ2) is 8.03. The Morgan fingerprint density at radius 1 is 1.30 bits per heavy atom. The van der Waals surface area contributed by atoms with Crippen LogP contribution in [0.4, 0.5) is 5.69 Å². The molecule has 1 unspecified atom stereocenters. The highest BCUT2D eigenvalue weighted by Crippen LogP contribution is 2.25. The number of hydrogen-bond donors (Lipinski definition) is 0. The summed E-state index contributed by atoms with van der Waals surface area (Å²) in [6, 6.07) is 2.96. The van der Waals surface area contributed by atoms with Gasteiger partial charge in [-0.05, 0) is 37.8 Å². The number of likely N-dealkylation sites (tertiary alicyclic amines) is 1. The lowest BCUT2D eigenvalue weighted by Crippen LogP contribution is -2.44. The molecule has 0 saturated carbocycles. The van der Waals surface area contributed by atoms with Crippen LogP contribution in [-0.4, -0.2) is 55.6 Å². The van der Waals surface area contributed by atoms with Gasteiger partial charge in [0.25, 0.3) is 11.6 Å². The summed E-state index contributed by atoms with van der Waals surface area (Å²) in [5, 5.41) is 11.1. The van der Waals surface area contributed by atoms with Crippen molar-refractivity contribution < 1.29 is 27.7 Å². The average molecular weight is 398 g/mol. The Morgan fingerprint density at radius 3 is 2.41 bits per heavy atom. The zero-order chi connectivity index (χ0) is 20.4. The van der Waals surface area contributed by atoms with Gasteiger partial charge < -0.3 is 9.64 Å². The van der Waals surface area contributed by atoms with E-state index in [2.05, 4.69) is 6.92 Å². The standard InChI is InChI=1S/C17H22N2O7S/c1-11-6-8-18(9-7-11)16(20)12(2)26-17(21)13-4-5-15(27(3,24)25)14(10-13)19(22)23/h4-5,10-12H,6-9H2,1-3H3. The lowest BCUT2D eigenvalue weighted by molar-refractivity contribution is -0.387. The predicted molar refractivity (Wildman–Crippen MR) is 96.1 cm³/mol. The molecule has 1 aliphatic rings. The van der Waals surface area contributed by atoms with Crippen LogP contribution in [0.3, 0.4) is 0 Å². The smallest absolute Gasteiger partial charge is 0.339 e. The van der Waals surface area contributed by atoms with Crippen LogP contribution in [0.2, 0.25) is 0 Å². The number of benzene rings is 1. The number of nitro groups is 1. The highest BCUT2D eigenvalue weighted by atomic mass is 32.2. The quantitative estimate of drug-likeness (QED) is 0.421. The van der Waals surface area contributed by atoms with Crippen molar-refractivity contribution >= 4 is 27.4 Å². The van der Waals surface area contributed by atoms with Crippen LogP contribution in [-0.2, 0) is 19.4 Å². The van der Waals surface area contributed by atoms with Crippen molar-refractivity contribution in [1.29, 1.82) is 0 Å². The molecule has 0 radical (unpaired) electrons. The molecule has 27 heavy (non-hydrogen) atoms. The molecule has 9 nitrogen and oxygen atoms in total. The first-order chi connectivity index (χ1) is 12.5. The van der Waals surface area contributed by atoms with Gasteiger partial charge in [0.2, 0.25) is 0 Å². The van der Waals surface area contributed by atoms with Crippen molar-refractivity contribution in [2.24, 2.45) is 5.92 Å². The van der Waals surface area contributed by atoms with E-state index in [0.29, 0.717) is 19.0 Å². The van der Waals surface area contributed by atoms with E-state index in [0.717, 1.165) is 37.3 Å². The molecule has 1 heterocycles. The number of esters is 1. The molecule has 1 saturated heterocycles. The third-order valence-electron chi connectivity index (χ3n) is 4.52. The minimum atomic E-state index is -3.83. The van der Waals surface area contributed by atoms with Gasteiger partial charge in [0, 0.05) is 25.4 Å². The molecule has 0 spiro atoms. The number of hydrogen-bond acceptors (Lipinski definition) is 7. The Hall–Kier alpha value is -2.49. The molecule has 1 aliphatic heterocycles. The lowest BCUT2D eigenvalue weighted by atomic mass is 9.99. The largest absolute Gasteiger partial charge is 0.449 e. The van der Waals surface area contributed by atoms with E-state index in [1.54, 1.807) is 4.90 Å². The number of amides is 1. The van der Waals surface area contributed by atoms with Crippen LogP contribution in [0.25, 0.3) is 0 Å². The summed E-state index contributed by atoms with van der Waals surface area (Å²) in [7, 11) is -3.83. The topological polar surface area (TPSA) is 124 Å². The number of carbonyl (C=O) groups is 2. The van der Waals surface area contributed by atoms with Gasteiger partial charge in [-0.2, -0.15) is 0 Å². The molecule has 0 N–H and O–H groups in total. The number of sulfone groups is 1. The maximum absolute atomic E-state index is 12.4. The highest BCUT2D eigenvalue weighted by molar-refractivity contribution is 7.90.